The van der Waals surface area contributed by atoms with E-state index in [1.807, 2.05) is 0 Å². The van der Waals surface area contributed by atoms with E-state index in [0.29, 0.717) is 0 Å². The fraction of sp³-hybridized carbons (Fsp3) is 0.615. The van der Waals surface area contributed by atoms with Crippen molar-refractivity contribution < 1.29 is 4.39 Å². The van der Waals surface area contributed by atoms with Crippen molar-refractivity contribution in [1.82, 2.24) is 15.2 Å². The van der Waals surface area contributed by atoms with Gasteiger partial charge in [-0.15, -0.1) is 0 Å². The van der Waals surface area contributed by atoms with Crippen molar-refractivity contribution in [2.75, 3.05) is 19.6 Å². The molecule has 1 saturated heterocycles. The molecule has 0 unspecified atom stereocenters. The van der Waals surface area contributed by atoms with Gasteiger partial charge in [0.05, 0.1) is 6.20 Å². The molecule has 0 radical (unpaired) electrons. The van der Waals surface area contributed by atoms with Crippen molar-refractivity contribution in [2.24, 2.45) is 0 Å². The molecular weight excluding hydrogens is 217 g/mol. The van der Waals surface area contributed by atoms with E-state index in [9.17, 15) is 4.39 Å². The second-order valence-electron chi connectivity index (χ2n) is 5.39. The maximum Gasteiger partial charge on any atom is 0.141 e. The molecule has 2 rings (SSSR count). The molecule has 0 aliphatic carbocycles. The van der Waals surface area contributed by atoms with Gasteiger partial charge in [-0.05, 0) is 45.0 Å². The van der Waals surface area contributed by atoms with E-state index in [-0.39, 0.29) is 11.4 Å². The van der Waals surface area contributed by atoms with Crippen LogP contribution in [0.15, 0.2) is 18.5 Å². The Labute approximate surface area is 102 Å². The van der Waals surface area contributed by atoms with E-state index in [4.69, 9.17) is 0 Å². The molecule has 1 aromatic heterocycles. The number of nitrogens with one attached hydrogen (secondary N) is 1. The minimum absolute atomic E-state index is 0.122. The monoisotopic (exact) mass is 237 g/mol. The van der Waals surface area contributed by atoms with Gasteiger partial charge in [-0.3, -0.25) is 9.88 Å². The highest BCUT2D eigenvalue weighted by molar-refractivity contribution is 5.10. The van der Waals surface area contributed by atoms with Crippen LogP contribution in [0, 0.1) is 5.82 Å². The van der Waals surface area contributed by atoms with Gasteiger partial charge >= 0.3 is 0 Å². The highest BCUT2D eigenvalue weighted by Gasteiger charge is 2.23. The Morgan fingerprint density at radius 1 is 1.47 bits per heavy atom. The first-order valence-corrected chi connectivity index (χ1v) is 6.12. The van der Waals surface area contributed by atoms with Crippen LogP contribution in [-0.4, -0.2) is 35.1 Å². The standard InChI is InChI=1S/C13H20FN3/c1-13(2)10-17(5-3-4-16-13)9-11-6-12(14)8-15-7-11/h6-8,16H,3-5,9-10H2,1-2H3. The molecule has 1 N–H and O–H groups in total. The van der Waals surface area contributed by atoms with Gasteiger partial charge in [0, 0.05) is 24.8 Å². The molecule has 0 atom stereocenters. The first-order valence-electron chi connectivity index (χ1n) is 6.12. The summed E-state index contributed by atoms with van der Waals surface area (Å²) in [4.78, 5) is 6.25. The molecule has 1 fully saturated rings. The lowest BCUT2D eigenvalue weighted by Crippen LogP contribution is -2.46. The van der Waals surface area contributed by atoms with Gasteiger partial charge in [0.25, 0.3) is 0 Å². The van der Waals surface area contributed by atoms with Crippen LogP contribution in [0.25, 0.3) is 0 Å². The predicted octanol–water partition coefficient (Wildman–Crippen LogP) is 1.79. The first-order chi connectivity index (χ1) is 8.05. The highest BCUT2D eigenvalue weighted by atomic mass is 19.1. The van der Waals surface area contributed by atoms with Crippen LogP contribution in [0.1, 0.15) is 25.8 Å². The Balaban J connectivity index is 2.02. The number of halogens is 1. The van der Waals surface area contributed by atoms with Crippen LogP contribution >= 0.6 is 0 Å². The van der Waals surface area contributed by atoms with Crippen molar-refractivity contribution in [2.45, 2.75) is 32.4 Å². The van der Waals surface area contributed by atoms with E-state index < -0.39 is 0 Å². The third kappa shape index (κ3) is 3.75. The maximum atomic E-state index is 13.1. The lowest BCUT2D eigenvalue weighted by Gasteiger charge is -2.29. The minimum Gasteiger partial charge on any atom is -0.310 e. The van der Waals surface area contributed by atoms with Gasteiger partial charge in [0.2, 0.25) is 0 Å². The Morgan fingerprint density at radius 3 is 3.06 bits per heavy atom. The summed E-state index contributed by atoms with van der Waals surface area (Å²) < 4.78 is 13.1. The fourth-order valence-electron chi connectivity index (χ4n) is 2.36. The molecule has 3 nitrogen and oxygen atoms in total. The van der Waals surface area contributed by atoms with Crippen molar-refractivity contribution >= 4 is 0 Å². The van der Waals surface area contributed by atoms with Gasteiger partial charge in [0.1, 0.15) is 5.82 Å². The molecule has 0 aromatic carbocycles. The van der Waals surface area contributed by atoms with Gasteiger partial charge in [-0.1, -0.05) is 0 Å². The molecule has 1 aliphatic rings. The first kappa shape index (κ1) is 12.5. The van der Waals surface area contributed by atoms with Crippen LogP contribution in [0.4, 0.5) is 4.39 Å². The van der Waals surface area contributed by atoms with Gasteiger partial charge in [-0.2, -0.15) is 0 Å². The third-order valence-corrected chi connectivity index (χ3v) is 3.04. The number of nitrogens with zero attached hydrogens (tertiary/aromatic N) is 2. The number of pyridine rings is 1. The van der Waals surface area contributed by atoms with E-state index in [0.717, 1.165) is 38.2 Å². The average molecular weight is 237 g/mol. The summed E-state index contributed by atoms with van der Waals surface area (Å²) in [7, 11) is 0. The Hall–Kier alpha value is -1.00. The summed E-state index contributed by atoms with van der Waals surface area (Å²) in [6.07, 6.45) is 4.12. The second kappa shape index (κ2) is 5.10. The summed E-state index contributed by atoms with van der Waals surface area (Å²) in [6.45, 7) is 8.25. The van der Waals surface area contributed by atoms with Crippen LogP contribution in [-0.2, 0) is 6.54 Å². The van der Waals surface area contributed by atoms with Gasteiger partial charge in [-0.25, -0.2) is 4.39 Å². The van der Waals surface area contributed by atoms with E-state index >= 15 is 0 Å². The zero-order valence-electron chi connectivity index (χ0n) is 10.5. The lowest BCUT2D eigenvalue weighted by atomic mass is 10.1. The third-order valence-electron chi connectivity index (χ3n) is 3.04. The molecule has 94 valence electrons. The second-order valence-corrected chi connectivity index (χ2v) is 5.39. The molecule has 1 aliphatic heterocycles. The van der Waals surface area contributed by atoms with Crippen molar-refractivity contribution in [1.29, 1.82) is 0 Å². The Morgan fingerprint density at radius 2 is 2.29 bits per heavy atom. The van der Waals surface area contributed by atoms with Gasteiger partial charge in [0.15, 0.2) is 0 Å². The van der Waals surface area contributed by atoms with Crippen LogP contribution < -0.4 is 5.32 Å². The minimum atomic E-state index is -0.255. The zero-order chi connectivity index (χ0) is 12.3. The highest BCUT2D eigenvalue weighted by Crippen LogP contribution is 2.13. The van der Waals surface area contributed by atoms with E-state index in [2.05, 4.69) is 29.0 Å². The lowest BCUT2D eigenvalue weighted by molar-refractivity contribution is 0.223. The predicted molar refractivity (Wildman–Crippen MR) is 66.2 cm³/mol. The van der Waals surface area contributed by atoms with Gasteiger partial charge < -0.3 is 5.32 Å². The topological polar surface area (TPSA) is 28.2 Å². The zero-order valence-corrected chi connectivity index (χ0v) is 10.5. The summed E-state index contributed by atoms with van der Waals surface area (Å²) in [5.41, 5.74) is 1.07. The molecule has 17 heavy (non-hydrogen) atoms. The molecule has 1 aromatic rings. The molecule has 0 bridgehead atoms. The molecule has 0 spiro atoms. The molecule has 4 heteroatoms. The Bertz CT molecular complexity index is 379. The van der Waals surface area contributed by atoms with Crippen LogP contribution in [0.5, 0.6) is 0 Å². The van der Waals surface area contributed by atoms with Crippen LogP contribution in [0.3, 0.4) is 0 Å². The quantitative estimate of drug-likeness (QED) is 0.850. The molecule has 0 amide bonds. The average Bonchev–Trinajstić information content (AvgIpc) is 2.39. The summed E-state index contributed by atoms with van der Waals surface area (Å²) in [6, 6.07) is 1.57. The SMILES string of the molecule is CC1(C)CN(Cc2cncc(F)c2)CCCN1. The van der Waals surface area contributed by atoms with Crippen LogP contribution in [0.2, 0.25) is 0 Å². The normalized spacial score (nSPS) is 21.1. The van der Waals surface area contributed by atoms with E-state index in [1.165, 1.54) is 6.20 Å². The number of aromatic nitrogens is 1. The molecule has 0 saturated carbocycles. The maximum absolute atomic E-state index is 13.1. The smallest absolute Gasteiger partial charge is 0.141 e. The van der Waals surface area contributed by atoms with Crippen molar-refractivity contribution in [3.8, 4) is 0 Å². The number of hydrogen-bond donors (Lipinski definition) is 1. The van der Waals surface area contributed by atoms with Crippen molar-refractivity contribution in [3.05, 3.63) is 29.8 Å². The number of hydrogen-bond acceptors (Lipinski definition) is 3. The summed E-state index contributed by atoms with van der Waals surface area (Å²) in [5.74, 6) is -0.255. The molecular formula is C13H20FN3. The molecule has 2 heterocycles. The summed E-state index contributed by atoms with van der Waals surface area (Å²) >= 11 is 0. The largest absolute Gasteiger partial charge is 0.310 e. The van der Waals surface area contributed by atoms with Crippen molar-refractivity contribution in [3.63, 3.8) is 0 Å². The Kier molecular flexibility index (Phi) is 3.74. The number of rotatable bonds is 2. The summed E-state index contributed by atoms with van der Waals surface area (Å²) in [5, 5.41) is 3.52. The van der Waals surface area contributed by atoms with E-state index in [1.54, 1.807) is 12.3 Å². The fourth-order valence-corrected chi connectivity index (χ4v) is 2.36.